The molecule has 0 fully saturated rings. The number of carbonyl (C=O) groups is 2. The molecule has 0 saturated carbocycles. The summed E-state index contributed by atoms with van der Waals surface area (Å²) in [6, 6.07) is -0.551. The van der Waals surface area contributed by atoms with E-state index in [-0.39, 0.29) is 18.5 Å². The van der Waals surface area contributed by atoms with Crippen molar-refractivity contribution in [2.45, 2.75) is 386 Å². The van der Waals surface area contributed by atoms with E-state index in [2.05, 4.69) is 67.8 Å². The molecule has 0 spiro atoms. The fraction of sp³-hybridized carbons (Fsp3) is 0.861. The second kappa shape index (κ2) is 67.3. The van der Waals surface area contributed by atoms with E-state index in [4.69, 9.17) is 4.74 Å². The van der Waals surface area contributed by atoms with Crippen LogP contribution < -0.4 is 5.32 Å². The fourth-order valence-electron chi connectivity index (χ4n) is 10.8. The lowest BCUT2D eigenvalue weighted by molar-refractivity contribution is -0.143. The molecule has 0 rings (SSSR count). The summed E-state index contributed by atoms with van der Waals surface area (Å²) < 4.78 is 5.49. The van der Waals surface area contributed by atoms with Crippen LogP contribution >= 0.6 is 0 Å². The summed E-state index contributed by atoms with van der Waals surface area (Å²) in [5.74, 6) is -0.0426. The molecule has 0 aliphatic carbocycles. The number of amides is 1. The van der Waals surface area contributed by atoms with Gasteiger partial charge in [-0.3, -0.25) is 9.59 Å². The minimum Gasteiger partial charge on any atom is -0.466 e. The third-order valence-electron chi connectivity index (χ3n) is 16.1. The molecule has 0 radical (unpaired) electrons. The maximum Gasteiger partial charge on any atom is 0.305 e. The Labute approximate surface area is 486 Å². The highest BCUT2D eigenvalue weighted by Gasteiger charge is 2.20. The molecular formula is C72H135NO5. The number of allylic oxidation sites excluding steroid dienone is 8. The Kier molecular flexibility index (Phi) is 65.4. The van der Waals surface area contributed by atoms with Gasteiger partial charge >= 0.3 is 5.97 Å². The molecule has 3 N–H and O–H groups in total. The predicted molar refractivity (Wildman–Crippen MR) is 342 cm³/mol. The Morgan fingerprint density at radius 2 is 0.641 bits per heavy atom. The molecule has 458 valence electrons. The molecule has 0 aliphatic rings. The number of esters is 1. The lowest BCUT2D eigenvalue weighted by atomic mass is 10.0. The van der Waals surface area contributed by atoms with Crippen molar-refractivity contribution < 1.29 is 24.5 Å². The van der Waals surface area contributed by atoms with Crippen LogP contribution in [0.2, 0.25) is 0 Å². The van der Waals surface area contributed by atoms with Gasteiger partial charge in [-0.15, -0.1) is 0 Å². The van der Waals surface area contributed by atoms with Crippen LogP contribution in [0.4, 0.5) is 0 Å². The first kappa shape index (κ1) is 75.8. The van der Waals surface area contributed by atoms with Crippen LogP contribution in [0.3, 0.4) is 0 Å². The molecule has 0 saturated heterocycles. The number of rotatable bonds is 65. The maximum absolute atomic E-state index is 12.5. The molecule has 6 heteroatoms. The van der Waals surface area contributed by atoms with E-state index in [0.29, 0.717) is 25.9 Å². The zero-order valence-corrected chi connectivity index (χ0v) is 52.4. The van der Waals surface area contributed by atoms with Gasteiger partial charge in [0.2, 0.25) is 5.91 Å². The summed E-state index contributed by atoms with van der Waals surface area (Å²) in [6.45, 7) is 4.95. The zero-order chi connectivity index (χ0) is 56.4. The molecule has 0 heterocycles. The largest absolute Gasteiger partial charge is 0.466 e. The number of unbranched alkanes of at least 4 members (excludes halogenated alkanes) is 46. The Balaban J connectivity index is 3.45. The molecule has 6 nitrogen and oxygen atoms in total. The van der Waals surface area contributed by atoms with E-state index in [1.165, 1.54) is 276 Å². The van der Waals surface area contributed by atoms with Gasteiger partial charge in [-0.25, -0.2) is 0 Å². The summed E-state index contributed by atoms with van der Waals surface area (Å²) in [5, 5.41) is 23.4. The molecule has 0 aromatic heterocycles. The van der Waals surface area contributed by atoms with Crippen molar-refractivity contribution in [3.8, 4) is 0 Å². The molecule has 2 unspecified atom stereocenters. The van der Waals surface area contributed by atoms with Gasteiger partial charge in [0.05, 0.1) is 25.4 Å². The lowest BCUT2D eigenvalue weighted by Crippen LogP contribution is -2.45. The number of hydrogen-bond donors (Lipinski definition) is 3. The van der Waals surface area contributed by atoms with Gasteiger partial charge in [-0.2, -0.15) is 0 Å². The molecular weight excluding hydrogens is 959 g/mol. The van der Waals surface area contributed by atoms with Gasteiger partial charge in [0.1, 0.15) is 0 Å². The molecule has 2 atom stereocenters. The number of aliphatic hydroxyl groups excluding tert-OH is 2. The minimum atomic E-state index is -0.673. The Bertz CT molecular complexity index is 1310. The Morgan fingerprint density at radius 1 is 0.359 bits per heavy atom. The van der Waals surface area contributed by atoms with Gasteiger partial charge in [0.15, 0.2) is 0 Å². The normalized spacial score (nSPS) is 12.8. The summed E-state index contributed by atoms with van der Waals surface area (Å²) >= 11 is 0. The molecule has 0 aromatic carbocycles. The average molecular weight is 1090 g/mol. The molecule has 0 aliphatic heterocycles. The lowest BCUT2D eigenvalue weighted by Gasteiger charge is -2.22. The van der Waals surface area contributed by atoms with Crippen molar-refractivity contribution in [3.63, 3.8) is 0 Å². The van der Waals surface area contributed by atoms with E-state index in [0.717, 1.165) is 64.2 Å². The number of nitrogens with one attached hydrogen (secondary N) is 1. The van der Waals surface area contributed by atoms with Crippen LogP contribution in [0.1, 0.15) is 373 Å². The first-order chi connectivity index (χ1) is 38.5. The van der Waals surface area contributed by atoms with Crippen molar-refractivity contribution in [1.82, 2.24) is 5.32 Å². The quantitative estimate of drug-likeness (QED) is 0.0320. The molecule has 0 aromatic rings. The monoisotopic (exact) mass is 1090 g/mol. The van der Waals surface area contributed by atoms with Crippen molar-refractivity contribution in [1.29, 1.82) is 0 Å². The highest BCUT2D eigenvalue weighted by molar-refractivity contribution is 5.76. The third-order valence-corrected chi connectivity index (χ3v) is 16.1. The number of aliphatic hydroxyl groups is 2. The van der Waals surface area contributed by atoms with Crippen LogP contribution in [0.15, 0.2) is 48.6 Å². The number of carbonyl (C=O) groups excluding carboxylic acids is 2. The van der Waals surface area contributed by atoms with E-state index >= 15 is 0 Å². The highest BCUT2D eigenvalue weighted by atomic mass is 16.5. The summed E-state index contributed by atoms with van der Waals surface area (Å²) in [6.07, 6.45) is 87.1. The number of hydrogen-bond acceptors (Lipinski definition) is 5. The fourth-order valence-corrected chi connectivity index (χ4v) is 10.8. The van der Waals surface area contributed by atoms with Gasteiger partial charge in [0.25, 0.3) is 0 Å². The van der Waals surface area contributed by atoms with Gasteiger partial charge < -0.3 is 20.3 Å². The van der Waals surface area contributed by atoms with Gasteiger partial charge in [0, 0.05) is 12.8 Å². The van der Waals surface area contributed by atoms with Crippen molar-refractivity contribution >= 4 is 11.9 Å². The topological polar surface area (TPSA) is 95.9 Å². The van der Waals surface area contributed by atoms with Gasteiger partial charge in [-0.05, 0) is 89.9 Å². The van der Waals surface area contributed by atoms with Crippen LogP contribution in [-0.4, -0.2) is 47.4 Å². The smallest absolute Gasteiger partial charge is 0.305 e. The predicted octanol–water partition coefficient (Wildman–Crippen LogP) is 22.5. The molecule has 78 heavy (non-hydrogen) atoms. The van der Waals surface area contributed by atoms with Crippen molar-refractivity contribution in [2.24, 2.45) is 0 Å². The Morgan fingerprint density at radius 3 is 0.987 bits per heavy atom. The first-order valence-electron chi connectivity index (χ1n) is 34.9. The summed E-state index contributed by atoms with van der Waals surface area (Å²) in [7, 11) is 0. The van der Waals surface area contributed by atoms with E-state index in [1.807, 2.05) is 0 Å². The van der Waals surface area contributed by atoms with Crippen LogP contribution in [0, 0.1) is 0 Å². The minimum absolute atomic E-state index is 0.0000348. The van der Waals surface area contributed by atoms with Gasteiger partial charge in [-0.1, -0.05) is 319 Å². The molecule has 1 amide bonds. The second-order valence-corrected chi connectivity index (χ2v) is 23.9. The van der Waals surface area contributed by atoms with Crippen LogP contribution in [-0.2, 0) is 14.3 Å². The van der Waals surface area contributed by atoms with E-state index < -0.39 is 12.1 Å². The van der Waals surface area contributed by atoms with E-state index in [1.54, 1.807) is 0 Å². The summed E-state index contributed by atoms with van der Waals surface area (Å²) in [4.78, 5) is 24.6. The summed E-state index contributed by atoms with van der Waals surface area (Å²) in [5.41, 5.74) is 0. The van der Waals surface area contributed by atoms with Crippen LogP contribution in [0.5, 0.6) is 0 Å². The third kappa shape index (κ3) is 63.0. The standard InChI is InChI=1S/C72H135NO5/c1-3-5-7-9-11-13-15-17-19-21-23-29-32-36-40-44-48-52-56-60-64-70(75)69(68-74)73-71(76)65-61-57-53-49-45-41-37-33-30-27-25-24-26-28-31-35-39-43-47-51-55-59-63-67-78-72(77)66-62-58-54-50-46-42-38-34-22-20-18-16-14-12-10-8-6-4-2/h14,16,20,22,24,26-27,30,69-70,74-75H,3-13,15,17-19,21,23,25,28-29,31-68H2,1-2H3,(H,73,76)/b16-14-,22-20-,26-24-,30-27-. The van der Waals surface area contributed by atoms with Crippen molar-refractivity contribution in [3.05, 3.63) is 48.6 Å². The molecule has 0 bridgehead atoms. The highest BCUT2D eigenvalue weighted by Crippen LogP contribution is 2.18. The van der Waals surface area contributed by atoms with E-state index in [9.17, 15) is 19.8 Å². The Hall–Kier alpha value is -2.18. The second-order valence-electron chi connectivity index (χ2n) is 23.9. The average Bonchev–Trinajstić information content (AvgIpc) is 3.44. The zero-order valence-electron chi connectivity index (χ0n) is 52.4. The SMILES string of the molecule is CCCCCC/C=C\C/C=C\CCCCCCCCCC(=O)OCCCCCCCCCCC/C=C\C/C=C\CCCCCCCCCC(=O)NC(CO)C(O)CCCCCCCCCCCCCCCCCCCCCC. The van der Waals surface area contributed by atoms with Crippen LogP contribution in [0.25, 0.3) is 0 Å². The number of ether oxygens (including phenoxy) is 1. The first-order valence-corrected chi connectivity index (χ1v) is 34.9. The maximum atomic E-state index is 12.5. The van der Waals surface area contributed by atoms with Crippen molar-refractivity contribution in [2.75, 3.05) is 13.2 Å².